The molecule has 1 aliphatic rings. The van der Waals surface area contributed by atoms with Gasteiger partial charge in [-0.15, -0.1) is 0 Å². The molecule has 1 aliphatic heterocycles. The molecule has 11 nitrogen and oxygen atoms in total. The number of anilines is 2. The van der Waals surface area contributed by atoms with Crippen LogP contribution in [0.1, 0.15) is 12.5 Å². The summed E-state index contributed by atoms with van der Waals surface area (Å²) in [6.07, 6.45) is 5.71. The van der Waals surface area contributed by atoms with Gasteiger partial charge in [-0.25, -0.2) is 9.37 Å². The van der Waals surface area contributed by atoms with E-state index in [4.69, 9.17) is 18.9 Å². The van der Waals surface area contributed by atoms with Crippen molar-refractivity contribution in [3.05, 3.63) is 76.9 Å². The summed E-state index contributed by atoms with van der Waals surface area (Å²) in [6, 6.07) is 5.72. The minimum absolute atomic E-state index is 0.110. The van der Waals surface area contributed by atoms with Crippen LogP contribution in [-0.2, 0) is 11.8 Å². The molecule has 3 heterocycles. The molecular formula is C25H25FN6O5. The molecule has 0 saturated carbocycles. The summed E-state index contributed by atoms with van der Waals surface area (Å²) in [5.41, 5.74) is 0.874. The number of rotatable bonds is 7. The van der Waals surface area contributed by atoms with E-state index in [9.17, 15) is 9.18 Å². The second-order valence-corrected chi connectivity index (χ2v) is 7.61. The number of hydrogen-bond acceptors (Lipinski definition) is 10. The molecule has 0 spiro atoms. The molecule has 1 N–H and O–H groups in total. The molecule has 0 bridgehead atoms. The van der Waals surface area contributed by atoms with Crippen LogP contribution in [0.4, 0.5) is 16.0 Å². The van der Waals surface area contributed by atoms with E-state index in [1.54, 1.807) is 32.2 Å². The van der Waals surface area contributed by atoms with Gasteiger partial charge >= 0.3 is 0 Å². The fourth-order valence-electron chi connectivity index (χ4n) is 3.23. The van der Waals surface area contributed by atoms with Gasteiger partial charge in [0.1, 0.15) is 31.1 Å². The summed E-state index contributed by atoms with van der Waals surface area (Å²) < 4.78 is 36.8. The number of hydrogen-bond donors (Lipinski definition) is 1. The minimum atomic E-state index is -0.361. The number of halogens is 1. The molecule has 4 rings (SSSR count). The molecule has 0 unspecified atom stereocenters. The van der Waals surface area contributed by atoms with E-state index in [1.165, 1.54) is 35.4 Å². The quantitative estimate of drug-likeness (QED) is 0.378. The number of allylic oxidation sites excluding steroid dienone is 2. The lowest BCUT2D eigenvalue weighted by Crippen LogP contribution is -2.24. The number of ether oxygens (including phenoxy) is 4. The van der Waals surface area contributed by atoms with Crippen molar-refractivity contribution in [3.8, 4) is 17.5 Å². The van der Waals surface area contributed by atoms with Crippen molar-refractivity contribution in [2.24, 2.45) is 12.0 Å². The van der Waals surface area contributed by atoms with E-state index < -0.39 is 0 Å². The van der Waals surface area contributed by atoms with Crippen molar-refractivity contribution >= 4 is 23.5 Å². The average molecular weight is 509 g/mol. The Morgan fingerprint density at radius 2 is 1.92 bits per heavy atom. The second kappa shape index (κ2) is 11.9. The van der Waals surface area contributed by atoms with Crippen LogP contribution in [-0.4, -0.2) is 52.2 Å². The lowest BCUT2D eigenvalue weighted by atomic mass is 10.2. The smallest absolute Gasteiger partial charge is 0.269 e. The Bertz CT molecular complexity index is 1390. The lowest BCUT2D eigenvalue weighted by molar-refractivity contribution is 0.0869. The topological polar surface area (TPSA) is 122 Å². The molecule has 3 aromatic rings. The van der Waals surface area contributed by atoms with Crippen LogP contribution in [0.25, 0.3) is 5.70 Å². The van der Waals surface area contributed by atoms with Gasteiger partial charge in [0.05, 0.1) is 30.7 Å². The van der Waals surface area contributed by atoms with Gasteiger partial charge in [-0.2, -0.15) is 9.97 Å². The van der Waals surface area contributed by atoms with Crippen molar-refractivity contribution in [2.75, 3.05) is 31.7 Å². The zero-order valence-corrected chi connectivity index (χ0v) is 20.3. The maximum atomic E-state index is 13.2. The molecule has 1 aromatic carbocycles. The Morgan fingerprint density at radius 3 is 2.68 bits per heavy atom. The maximum absolute atomic E-state index is 13.2. The first-order valence-electron chi connectivity index (χ1n) is 11.3. The van der Waals surface area contributed by atoms with Crippen molar-refractivity contribution in [3.63, 3.8) is 0 Å². The number of aromatic nitrogens is 4. The van der Waals surface area contributed by atoms with Gasteiger partial charge < -0.3 is 24.3 Å². The third-order valence-electron chi connectivity index (χ3n) is 5.07. The third-order valence-corrected chi connectivity index (χ3v) is 5.07. The molecular weight excluding hydrogens is 483 g/mol. The van der Waals surface area contributed by atoms with Gasteiger partial charge in [-0.1, -0.05) is 12.7 Å². The van der Waals surface area contributed by atoms with Crippen molar-refractivity contribution in [1.29, 1.82) is 0 Å². The van der Waals surface area contributed by atoms with Crippen LogP contribution >= 0.6 is 0 Å². The molecule has 0 atom stereocenters. The van der Waals surface area contributed by atoms with E-state index in [0.29, 0.717) is 31.2 Å². The zero-order chi connectivity index (χ0) is 26.2. The van der Waals surface area contributed by atoms with Gasteiger partial charge in [0.15, 0.2) is 0 Å². The largest absolute Gasteiger partial charge is 0.482 e. The second-order valence-electron chi connectivity index (χ2n) is 7.61. The van der Waals surface area contributed by atoms with E-state index >= 15 is 0 Å². The Labute approximate surface area is 211 Å². The zero-order valence-electron chi connectivity index (χ0n) is 20.3. The van der Waals surface area contributed by atoms with Crippen molar-refractivity contribution < 1.29 is 23.3 Å². The molecule has 0 fully saturated rings. The minimum Gasteiger partial charge on any atom is -0.482 e. The van der Waals surface area contributed by atoms with E-state index in [0.717, 1.165) is 0 Å². The molecule has 2 aromatic heterocycles. The highest BCUT2D eigenvalue weighted by molar-refractivity contribution is 5.82. The number of benzene rings is 1. The average Bonchev–Trinajstić information content (AvgIpc) is 3.02. The van der Waals surface area contributed by atoms with Crippen LogP contribution in [0.2, 0.25) is 0 Å². The summed E-state index contributed by atoms with van der Waals surface area (Å²) in [6.45, 7) is 6.96. The third kappa shape index (κ3) is 6.35. The fraction of sp³-hybridized carbons (Fsp3) is 0.240. The van der Waals surface area contributed by atoms with Gasteiger partial charge in [-0.3, -0.25) is 14.4 Å². The SMILES string of the molecule is C=C(C=N/C(=C\C)c1cnc(Nc2ccc(F)cc2)n(C)c1=O)Oc1ncnc2c1OCCOCCO2. The molecule has 37 heavy (non-hydrogen) atoms. The molecule has 12 heteroatoms. The van der Waals surface area contributed by atoms with Crippen LogP contribution < -0.4 is 25.1 Å². The number of nitrogens with zero attached hydrogens (tertiary/aromatic N) is 5. The molecule has 0 saturated heterocycles. The summed E-state index contributed by atoms with van der Waals surface area (Å²) in [5.74, 6) is 0.643. The number of aliphatic imine (C=N–C) groups is 1. The highest BCUT2D eigenvalue weighted by atomic mass is 19.1. The fourth-order valence-corrected chi connectivity index (χ4v) is 3.23. The normalized spacial score (nSPS) is 14.0. The highest BCUT2D eigenvalue weighted by Gasteiger charge is 2.18. The standard InChI is InChI=1S/C25H25FN6O5/c1-4-20(19-14-28-25(32(3)24(19)33)31-18-7-5-17(26)6-8-18)27-13-16(2)37-23-21-22(29-15-30-23)36-12-10-34-9-11-35-21/h4-8,13-15H,2,9-12H2,1,3H3,(H,28,31)/b20-4-,27-13?. The molecule has 0 aliphatic carbocycles. The Hall–Kier alpha value is -4.58. The van der Waals surface area contributed by atoms with Gasteiger partial charge in [0.2, 0.25) is 11.7 Å². The highest BCUT2D eigenvalue weighted by Crippen LogP contribution is 2.34. The first-order chi connectivity index (χ1) is 18.0. The maximum Gasteiger partial charge on any atom is 0.269 e. The first-order valence-corrected chi connectivity index (χ1v) is 11.3. The van der Waals surface area contributed by atoms with E-state index in [2.05, 4.69) is 31.8 Å². The van der Waals surface area contributed by atoms with Crippen LogP contribution in [0.3, 0.4) is 0 Å². The summed E-state index contributed by atoms with van der Waals surface area (Å²) in [7, 11) is 1.57. The van der Waals surface area contributed by atoms with Gasteiger partial charge in [-0.05, 0) is 31.2 Å². The summed E-state index contributed by atoms with van der Waals surface area (Å²) >= 11 is 0. The monoisotopic (exact) mass is 508 g/mol. The molecule has 192 valence electrons. The predicted octanol–water partition coefficient (Wildman–Crippen LogP) is 3.27. The van der Waals surface area contributed by atoms with Crippen molar-refractivity contribution in [2.45, 2.75) is 6.92 Å². The van der Waals surface area contributed by atoms with Crippen LogP contribution in [0, 0.1) is 5.82 Å². The van der Waals surface area contributed by atoms with E-state index in [1.807, 2.05) is 0 Å². The lowest BCUT2D eigenvalue weighted by Gasteiger charge is -2.13. The van der Waals surface area contributed by atoms with Crippen molar-refractivity contribution in [1.82, 2.24) is 19.5 Å². The molecule has 0 radical (unpaired) electrons. The van der Waals surface area contributed by atoms with Crippen LogP contribution in [0.5, 0.6) is 17.5 Å². The number of fused-ring (bicyclic) bond motifs is 1. The Kier molecular flexibility index (Phi) is 8.21. The summed E-state index contributed by atoms with van der Waals surface area (Å²) in [4.78, 5) is 29.9. The van der Waals surface area contributed by atoms with E-state index in [-0.39, 0.29) is 52.8 Å². The van der Waals surface area contributed by atoms with Gasteiger partial charge in [0.25, 0.3) is 17.3 Å². The van der Waals surface area contributed by atoms with Gasteiger partial charge in [0, 0.05) is 18.9 Å². The Balaban J connectivity index is 1.49. The van der Waals surface area contributed by atoms with Crippen LogP contribution in [0.15, 0.2) is 65.0 Å². The molecule has 0 amide bonds. The predicted molar refractivity (Wildman–Crippen MR) is 135 cm³/mol. The first kappa shape index (κ1) is 25.5. The number of nitrogens with one attached hydrogen (secondary N) is 1. The Morgan fingerprint density at radius 1 is 1.16 bits per heavy atom. The summed E-state index contributed by atoms with van der Waals surface area (Å²) in [5, 5.41) is 2.99.